The van der Waals surface area contributed by atoms with Crippen molar-refractivity contribution in [2.24, 2.45) is 0 Å². The number of aromatic nitrogens is 2. The van der Waals surface area contributed by atoms with Crippen molar-refractivity contribution in [2.75, 3.05) is 26.8 Å². The van der Waals surface area contributed by atoms with Crippen LogP contribution in [0, 0.1) is 6.92 Å². The molecule has 20 heavy (non-hydrogen) atoms. The van der Waals surface area contributed by atoms with Gasteiger partial charge in [0.05, 0.1) is 6.61 Å². The molecule has 0 bridgehead atoms. The number of hydrogen-bond donors (Lipinski definition) is 1. The standard InChI is InChI=1S/C14H18ClN3OS/c1-10-9-11(15)3-4-12(10)14-18-17-13(20-14)5-6-16-7-8-19-2/h3-4,9,16H,5-8H2,1-2H3. The second kappa shape index (κ2) is 7.69. The zero-order valence-corrected chi connectivity index (χ0v) is 13.2. The SMILES string of the molecule is COCCNCCc1nnc(-c2ccc(Cl)cc2C)s1. The first-order chi connectivity index (χ1) is 9.70. The Hall–Kier alpha value is -1.01. The molecule has 108 valence electrons. The Morgan fingerprint density at radius 3 is 2.90 bits per heavy atom. The van der Waals surface area contributed by atoms with Crippen LogP contribution >= 0.6 is 22.9 Å². The molecule has 0 aliphatic carbocycles. The third-order valence-electron chi connectivity index (χ3n) is 2.88. The lowest BCUT2D eigenvalue weighted by molar-refractivity contribution is 0.199. The zero-order valence-electron chi connectivity index (χ0n) is 11.6. The van der Waals surface area contributed by atoms with Gasteiger partial charge in [-0.25, -0.2) is 0 Å². The molecule has 0 fully saturated rings. The molecule has 0 atom stereocenters. The monoisotopic (exact) mass is 311 g/mol. The summed E-state index contributed by atoms with van der Waals surface area (Å²) in [5, 5.41) is 14.5. The fraction of sp³-hybridized carbons (Fsp3) is 0.429. The maximum Gasteiger partial charge on any atom is 0.148 e. The average Bonchev–Trinajstić information content (AvgIpc) is 2.87. The largest absolute Gasteiger partial charge is 0.383 e. The van der Waals surface area contributed by atoms with Crippen LogP contribution in [0.4, 0.5) is 0 Å². The van der Waals surface area contributed by atoms with E-state index in [-0.39, 0.29) is 0 Å². The number of benzene rings is 1. The van der Waals surface area contributed by atoms with Crippen molar-refractivity contribution in [3.05, 3.63) is 33.8 Å². The van der Waals surface area contributed by atoms with E-state index in [1.54, 1.807) is 18.4 Å². The minimum Gasteiger partial charge on any atom is -0.383 e. The maximum absolute atomic E-state index is 5.97. The predicted octanol–water partition coefficient (Wildman–Crippen LogP) is 2.95. The summed E-state index contributed by atoms with van der Waals surface area (Å²) in [6, 6.07) is 5.83. The van der Waals surface area contributed by atoms with Gasteiger partial charge in [-0.3, -0.25) is 0 Å². The Balaban J connectivity index is 1.95. The molecule has 1 aromatic carbocycles. The zero-order chi connectivity index (χ0) is 14.4. The van der Waals surface area contributed by atoms with Gasteiger partial charge in [-0.1, -0.05) is 29.0 Å². The first-order valence-electron chi connectivity index (χ1n) is 6.49. The van der Waals surface area contributed by atoms with Crippen LogP contribution in [0.15, 0.2) is 18.2 Å². The van der Waals surface area contributed by atoms with Gasteiger partial charge in [0.1, 0.15) is 10.0 Å². The van der Waals surface area contributed by atoms with E-state index in [4.69, 9.17) is 16.3 Å². The van der Waals surface area contributed by atoms with Crippen LogP contribution in [-0.2, 0) is 11.2 Å². The summed E-state index contributed by atoms with van der Waals surface area (Å²) < 4.78 is 4.98. The minimum atomic E-state index is 0.728. The second-order valence-electron chi connectivity index (χ2n) is 4.45. The summed E-state index contributed by atoms with van der Waals surface area (Å²) in [5.41, 5.74) is 2.23. The third-order valence-corrected chi connectivity index (χ3v) is 4.14. The summed E-state index contributed by atoms with van der Waals surface area (Å²) in [7, 11) is 1.70. The highest BCUT2D eigenvalue weighted by Crippen LogP contribution is 2.28. The molecule has 1 N–H and O–H groups in total. The highest BCUT2D eigenvalue weighted by molar-refractivity contribution is 7.14. The first-order valence-corrected chi connectivity index (χ1v) is 7.68. The second-order valence-corrected chi connectivity index (χ2v) is 5.95. The lowest BCUT2D eigenvalue weighted by Gasteiger charge is -2.02. The molecular formula is C14H18ClN3OS. The van der Waals surface area contributed by atoms with Gasteiger partial charge in [0.2, 0.25) is 0 Å². The van der Waals surface area contributed by atoms with Gasteiger partial charge in [0.25, 0.3) is 0 Å². The van der Waals surface area contributed by atoms with Crippen LogP contribution in [0.3, 0.4) is 0 Å². The molecule has 0 saturated carbocycles. The lowest BCUT2D eigenvalue weighted by Crippen LogP contribution is -2.21. The average molecular weight is 312 g/mol. The van der Waals surface area contributed by atoms with Crippen molar-refractivity contribution in [1.82, 2.24) is 15.5 Å². The van der Waals surface area contributed by atoms with E-state index in [0.29, 0.717) is 0 Å². The van der Waals surface area contributed by atoms with Gasteiger partial charge >= 0.3 is 0 Å². The number of hydrogen-bond acceptors (Lipinski definition) is 5. The Kier molecular flexibility index (Phi) is 5.91. The van der Waals surface area contributed by atoms with Gasteiger partial charge in [-0.05, 0) is 24.6 Å². The van der Waals surface area contributed by atoms with Crippen molar-refractivity contribution in [2.45, 2.75) is 13.3 Å². The van der Waals surface area contributed by atoms with E-state index in [0.717, 1.165) is 52.3 Å². The van der Waals surface area contributed by atoms with Gasteiger partial charge in [-0.15, -0.1) is 10.2 Å². The Morgan fingerprint density at radius 1 is 1.30 bits per heavy atom. The minimum absolute atomic E-state index is 0.728. The number of aryl methyl sites for hydroxylation is 1. The van der Waals surface area contributed by atoms with Crippen LogP contribution in [0.2, 0.25) is 5.02 Å². The Labute approximate surface area is 128 Å². The predicted molar refractivity (Wildman–Crippen MR) is 83.5 cm³/mol. The molecule has 4 nitrogen and oxygen atoms in total. The van der Waals surface area contributed by atoms with Crippen LogP contribution in [0.5, 0.6) is 0 Å². The number of ether oxygens (including phenoxy) is 1. The number of nitrogens with zero attached hydrogens (tertiary/aromatic N) is 2. The molecule has 0 amide bonds. The summed E-state index contributed by atoms with van der Waals surface area (Å²) in [6.07, 6.45) is 0.883. The maximum atomic E-state index is 5.97. The van der Waals surface area contributed by atoms with Crippen molar-refractivity contribution in [1.29, 1.82) is 0 Å². The quantitative estimate of drug-likeness (QED) is 0.799. The summed E-state index contributed by atoms with van der Waals surface area (Å²) >= 11 is 7.60. The summed E-state index contributed by atoms with van der Waals surface area (Å²) in [4.78, 5) is 0. The normalized spacial score (nSPS) is 10.9. The molecular weight excluding hydrogens is 294 g/mol. The topological polar surface area (TPSA) is 47.0 Å². The fourth-order valence-corrected chi connectivity index (χ4v) is 2.98. The van der Waals surface area contributed by atoms with E-state index in [9.17, 15) is 0 Å². The van der Waals surface area contributed by atoms with E-state index in [1.165, 1.54) is 0 Å². The van der Waals surface area contributed by atoms with Crippen molar-refractivity contribution in [3.63, 3.8) is 0 Å². The van der Waals surface area contributed by atoms with E-state index < -0.39 is 0 Å². The highest BCUT2D eigenvalue weighted by atomic mass is 35.5. The van der Waals surface area contributed by atoms with E-state index >= 15 is 0 Å². The molecule has 2 rings (SSSR count). The van der Waals surface area contributed by atoms with Crippen molar-refractivity contribution >= 4 is 22.9 Å². The number of nitrogens with one attached hydrogen (secondary N) is 1. The molecule has 1 aromatic heterocycles. The third kappa shape index (κ3) is 4.24. The van der Waals surface area contributed by atoms with Gasteiger partial charge in [0.15, 0.2) is 0 Å². The van der Waals surface area contributed by atoms with Crippen LogP contribution in [-0.4, -0.2) is 37.0 Å². The first kappa shape index (κ1) is 15.4. The van der Waals surface area contributed by atoms with Crippen molar-refractivity contribution in [3.8, 4) is 10.6 Å². The molecule has 2 aromatic rings. The summed E-state index contributed by atoms with van der Waals surface area (Å²) in [5.74, 6) is 0. The Morgan fingerprint density at radius 2 is 2.15 bits per heavy atom. The lowest BCUT2D eigenvalue weighted by atomic mass is 10.1. The Bertz CT molecular complexity index is 559. The highest BCUT2D eigenvalue weighted by Gasteiger charge is 2.09. The molecule has 0 aliphatic heterocycles. The van der Waals surface area contributed by atoms with Gasteiger partial charge in [0, 0.05) is 37.2 Å². The van der Waals surface area contributed by atoms with E-state index in [2.05, 4.69) is 15.5 Å². The number of halogens is 1. The molecule has 0 aliphatic rings. The van der Waals surface area contributed by atoms with Gasteiger partial charge in [-0.2, -0.15) is 0 Å². The molecule has 0 radical (unpaired) electrons. The molecule has 0 unspecified atom stereocenters. The molecule has 6 heteroatoms. The summed E-state index contributed by atoms with van der Waals surface area (Å²) in [6.45, 7) is 4.51. The fourth-order valence-electron chi connectivity index (χ4n) is 1.83. The van der Waals surface area contributed by atoms with Crippen LogP contribution in [0.25, 0.3) is 10.6 Å². The van der Waals surface area contributed by atoms with Gasteiger partial charge < -0.3 is 10.1 Å². The van der Waals surface area contributed by atoms with E-state index in [1.807, 2.05) is 25.1 Å². The van der Waals surface area contributed by atoms with Crippen molar-refractivity contribution < 1.29 is 4.74 Å². The van der Waals surface area contributed by atoms with Crippen LogP contribution < -0.4 is 5.32 Å². The number of methoxy groups -OCH3 is 1. The van der Waals surface area contributed by atoms with Crippen LogP contribution in [0.1, 0.15) is 10.6 Å². The number of rotatable bonds is 7. The smallest absolute Gasteiger partial charge is 0.148 e. The molecule has 1 heterocycles. The molecule has 0 spiro atoms. The molecule has 0 saturated heterocycles.